The fraction of sp³-hybridized carbons (Fsp3) is 0.625. The van der Waals surface area contributed by atoms with E-state index in [0.29, 0.717) is 36.3 Å². The number of nitrogens with zero attached hydrogens (tertiary/aromatic N) is 2. The van der Waals surface area contributed by atoms with Gasteiger partial charge in [-0.25, -0.2) is 0 Å². The fourth-order valence-electron chi connectivity index (χ4n) is 5.70. The minimum atomic E-state index is -2.29. The van der Waals surface area contributed by atoms with Gasteiger partial charge in [0.15, 0.2) is 0 Å². The van der Waals surface area contributed by atoms with E-state index in [1.165, 1.54) is 24.3 Å². The second-order valence-corrected chi connectivity index (χ2v) is 25.8. The van der Waals surface area contributed by atoms with Crippen LogP contribution in [0.2, 0.25) is 36.3 Å². The molecule has 2 rings (SSSR count). The molecule has 0 aliphatic heterocycles. The molecule has 0 aliphatic carbocycles. The number of halogens is 4. The number of rotatable bonds is 12. The summed E-state index contributed by atoms with van der Waals surface area (Å²) in [4.78, 5) is 0. The van der Waals surface area contributed by atoms with Crippen molar-refractivity contribution >= 4 is 35.6 Å². The van der Waals surface area contributed by atoms with Crippen LogP contribution in [0.5, 0.6) is 0 Å². The van der Waals surface area contributed by atoms with Crippen LogP contribution in [0.15, 0.2) is 24.3 Å². The molecule has 0 N–H and O–H groups in total. The van der Waals surface area contributed by atoms with Gasteiger partial charge in [0.2, 0.25) is 0 Å². The number of hydrogen-bond donors (Lipinski definition) is 0. The first kappa shape index (κ1) is 36.1. The number of anilines is 2. The van der Waals surface area contributed by atoms with E-state index in [4.69, 9.17) is 0 Å². The van der Waals surface area contributed by atoms with E-state index in [-0.39, 0.29) is 17.8 Å². The Hall–Kier alpha value is -1.09. The van der Waals surface area contributed by atoms with Crippen molar-refractivity contribution in [3.63, 3.8) is 0 Å². The maximum atomic E-state index is 16.3. The zero-order chi connectivity index (χ0) is 31.9. The van der Waals surface area contributed by atoms with Gasteiger partial charge in [-0.2, -0.15) is 0 Å². The van der Waals surface area contributed by atoms with Crippen molar-refractivity contribution in [1.82, 2.24) is 0 Å². The average Bonchev–Trinajstić information content (AvgIpc) is 2.86. The molecule has 0 fully saturated rings. The molecule has 0 bridgehead atoms. The van der Waals surface area contributed by atoms with Crippen LogP contribution in [-0.2, 0) is 19.2 Å². The molecule has 2 aromatic rings. The van der Waals surface area contributed by atoms with Gasteiger partial charge in [0.1, 0.15) is 0 Å². The quantitative estimate of drug-likeness (QED) is 0.168. The molecular formula is C32H52F4N2Si2Ti. The van der Waals surface area contributed by atoms with E-state index in [1.807, 2.05) is 13.8 Å². The standard InChI is InChI=1S/2C16H26F2NSi.Ti/c2*1-8-19(15-10-9-13(17)11-14(15)18)20(6,7)16(4,5)12(2)3;/h2*9-10,12H,8H2,1-7H3;. The van der Waals surface area contributed by atoms with Crippen LogP contribution >= 0.6 is 0 Å². The summed E-state index contributed by atoms with van der Waals surface area (Å²) in [7, 11) is -4.58. The van der Waals surface area contributed by atoms with Gasteiger partial charge in [0, 0.05) is 0 Å². The third-order valence-corrected chi connectivity index (χ3v) is 24.5. The summed E-state index contributed by atoms with van der Waals surface area (Å²) >= 11 is -2.01. The van der Waals surface area contributed by atoms with Crippen LogP contribution in [0.3, 0.4) is 0 Å². The summed E-state index contributed by atoms with van der Waals surface area (Å²) < 4.78 is 67.1. The molecule has 0 amide bonds. The van der Waals surface area contributed by atoms with Crippen LogP contribution in [0.1, 0.15) is 69.2 Å². The minimum absolute atomic E-state index is 0.0725. The van der Waals surface area contributed by atoms with Crippen molar-refractivity contribution in [1.29, 1.82) is 0 Å². The van der Waals surface area contributed by atoms with Crippen molar-refractivity contribution < 1.29 is 36.7 Å². The van der Waals surface area contributed by atoms with Crippen LogP contribution in [-0.4, -0.2) is 29.6 Å². The van der Waals surface area contributed by atoms with E-state index in [0.717, 1.165) is 0 Å². The Morgan fingerprint density at radius 1 is 0.634 bits per heavy atom. The summed E-state index contributed by atoms with van der Waals surface area (Å²) in [6.45, 7) is 31.5. The van der Waals surface area contributed by atoms with Gasteiger partial charge in [-0.3, -0.25) is 0 Å². The van der Waals surface area contributed by atoms with E-state index in [9.17, 15) is 0 Å². The molecule has 0 spiro atoms. The van der Waals surface area contributed by atoms with E-state index in [2.05, 4.69) is 90.7 Å². The molecule has 0 aromatic heterocycles. The Bertz CT molecular complexity index is 1140. The first-order valence-electron chi connectivity index (χ1n) is 14.9. The molecule has 0 saturated carbocycles. The summed E-state index contributed by atoms with van der Waals surface area (Å²) in [5.74, 6) is -2.13. The van der Waals surface area contributed by atoms with E-state index in [1.54, 1.807) is 0 Å². The third-order valence-electron chi connectivity index (χ3n) is 11.0. The van der Waals surface area contributed by atoms with Gasteiger partial charge in [0.05, 0.1) is 0 Å². The van der Waals surface area contributed by atoms with Crippen LogP contribution in [0.4, 0.5) is 28.9 Å². The van der Waals surface area contributed by atoms with Gasteiger partial charge < -0.3 is 0 Å². The number of benzene rings is 2. The predicted molar refractivity (Wildman–Crippen MR) is 171 cm³/mol. The number of hydrogen-bond acceptors (Lipinski definition) is 2. The van der Waals surface area contributed by atoms with Crippen LogP contribution in [0.25, 0.3) is 0 Å². The molecule has 0 heterocycles. The molecule has 41 heavy (non-hydrogen) atoms. The van der Waals surface area contributed by atoms with Crippen molar-refractivity contribution in [2.24, 2.45) is 11.8 Å². The third kappa shape index (κ3) is 6.41. The summed E-state index contributed by atoms with van der Waals surface area (Å²) in [5, 5.41) is -0.145. The van der Waals surface area contributed by atoms with Crippen molar-refractivity contribution in [2.45, 2.75) is 106 Å². The molecular weight excluding hydrogens is 592 g/mol. The Balaban J connectivity index is 2.70. The van der Waals surface area contributed by atoms with Gasteiger partial charge >= 0.3 is 259 Å². The summed E-state index contributed by atoms with van der Waals surface area (Å²) in [5.41, 5.74) is 0.662. The zero-order valence-electron chi connectivity index (χ0n) is 27.8. The Morgan fingerprint density at radius 3 is 1.17 bits per heavy atom. The molecule has 0 saturated heterocycles. The van der Waals surface area contributed by atoms with E-state index < -0.39 is 58.9 Å². The summed E-state index contributed by atoms with van der Waals surface area (Å²) in [6.07, 6.45) is 0. The molecule has 0 unspecified atom stereocenters. The molecule has 0 aliphatic rings. The summed E-state index contributed by atoms with van der Waals surface area (Å²) in [6, 6.07) is 5.54. The Morgan fingerprint density at radius 2 is 0.927 bits per heavy atom. The van der Waals surface area contributed by atoms with Crippen molar-refractivity contribution in [3.8, 4) is 0 Å². The van der Waals surface area contributed by atoms with E-state index >= 15 is 17.6 Å². The predicted octanol–water partition coefficient (Wildman–Crippen LogP) is 9.21. The molecule has 2 aromatic carbocycles. The zero-order valence-corrected chi connectivity index (χ0v) is 31.3. The second-order valence-electron chi connectivity index (χ2n) is 14.0. The first-order valence-corrected chi connectivity index (χ1v) is 22.4. The van der Waals surface area contributed by atoms with Crippen LogP contribution < -0.4 is 16.9 Å². The SMILES string of the molecule is CCN(c1ccc(F)[c]([Ti][c]2c(F)ccc(N(CC)[Si](C)(C)C(C)(C)C(C)C)c2F)c1F)[Si](C)(C)C(C)(C)C(C)C. The molecule has 2 nitrogen and oxygen atoms in total. The van der Waals surface area contributed by atoms with Gasteiger partial charge in [-0.15, -0.1) is 0 Å². The van der Waals surface area contributed by atoms with Crippen LogP contribution in [0, 0.1) is 35.1 Å². The van der Waals surface area contributed by atoms with Gasteiger partial charge in [-0.1, -0.05) is 0 Å². The Kier molecular flexibility index (Phi) is 11.3. The second kappa shape index (κ2) is 12.9. The Labute approximate surface area is 258 Å². The topological polar surface area (TPSA) is 6.48 Å². The monoisotopic (exact) mass is 644 g/mol. The average molecular weight is 645 g/mol. The maximum absolute atomic E-state index is 16.3. The molecule has 230 valence electrons. The first-order chi connectivity index (χ1) is 18.6. The molecule has 0 atom stereocenters. The van der Waals surface area contributed by atoms with Crippen molar-refractivity contribution in [2.75, 3.05) is 22.2 Å². The fourth-order valence-corrected chi connectivity index (χ4v) is 14.8. The normalized spacial score (nSPS) is 13.3. The molecule has 0 radical (unpaired) electrons. The molecule has 9 heteroatoms. The van der Waals surface area contributed by atoms with Crippen molar-refractivity contribution in [3.05, 3.63) is 47.5 Å². The van der Waals surface area contributed by atoms with Gasteiger partial charge in [0.25, 0.3) is 0 Å². The van der Waals surface area contributed by atoms with Gasteiger partial charge in [-0.05, 0) is 0 Å².